The van der Waals surface area contributed by atoms with Gasteiger partial charge in [-0.25, -0.2) is 26.7 Å². The number of rotatable bonds is 9. The molecule has 0 unspecified atom stereocenters. The first-order valence-electron chi connectivity index (χ1n) is 11.3. The Morgan fingerprint density at radius 1 is 1.09 bits per heavy atom. The standard InChI is InChI=1S/C23H31F2N5O3S/c1-16-14-19(15-17(2)28-16)29-23(31)26-10-13-30-11-7-18(8-12-30)6-9-27-34(32,33)22-20(24)4-3-5-21(22)25/h3-5,14-15,18,27H,6-13H2,1-2H3,(H2,26,28,29,31). The minimum Gasteiger partial charge on any atom is -0.337 e. The lowest BCUT2D eigenvalue weighted by Gasteiger charge is -2.32. The summed E-state index contributed by atoms with van der Waals surface area (Å²) >= 11 is 0. The van der Waals surface area contributed by atoms with Crippen molar-refractivity contribution >= 4 is 21.7 Å². The van der Waals surface area contributed by atoms with E-state index in [9.17, 15) is 22.0 Å². The summed E-state index contributed by atoms with van der Waals surface area (Å²) in [4.78, 5) is 17.7. The monoisotopic (exact) mass is 495 g/mol. The molecule has 1 saturated heterocycles. The maximum atomic E-state index is 13.8. The molecule has 1 aliphatic heterocycles. The molecule has 0 radical (unpaired) electrons. The first-order valence-corrected chi connectivity index (χ1v) is 12.8. The number of halogens is 2. The van der Waals surface area contributed by atoms with Crippen LogP contribution >= 0.6 is 0 Å². The van der Waals surface area contributed by atoms with Gasteiger partial charge in [0.2, 0.25) is 10.0 Å². The number of aryl methyl sites for hydroxylation is 2. The molecule has 1 fully saturated rings. The summed E-state index contributed by atoms with van der Waals surface area (Å²) < 4.78 is 54.3. The average molecular weight is 496 g/mol. The van der Waals surface area contributed by atoms with E-state index in [0.29, 0.717) is 31.1 Å². The summed E-state index contributed by atoms with van der Waals surface area (Å²) in [5.74, 6) is -1.89. The topological polar surface area (TPSA) is 103 Å². The van der Waals surface area contributed by atoms with E-state index in [1.54, 1.807) is 0 Å². The molecule has 0 atom stereocenters. The first-order chi connectivity index (χ1) is 16.1. The molecule has 186 valence electrons. The number of aromatic nitrogens is 1. The van der Waals surface area contributed by atoms with Crippen LogP contribution in [0.2, 0.25) is 0 Å². The van der Waals surface area contributed by atoms with Crippen LogP contribution in [0.25, 0.3) is 0 Å². The zero-order chi connectivity index (χ0) is 24.7. The number of pyridine rings is 1. The minimum atomic E-state index is -4.24. The third-order valence-corrected chi connectivity index (χ3v) is 7.30. The predicted molar refractivity (Wildman–Crippen MR) is 126 cm³/mol. The number of carbonyl (C=O) groups is 1. The summed E-state index contributed by atoms with van der Waals surface area (Å²) in [7, 11) is -4.24. The van der Waals surface area contributed by atoms with E-state index in [-0.39, 0.29) is 12.6 Å². The van der Waals surface area contributed by atoms with Crippen LogP contribution in [-0.4, -0.2) is 57.1 Å². The van der Waals surface area contributed by atoms with Crippen LogP contribution in [0, 0.1) is 31.4 Å². The molecule has 1 aromatic carbocycles. The van der Waals surface area contributed by atoms with Crippen LogP contribution in [0.4, 0.5) is 19.3 Å². The molecule has 2 aromatic rings. The Balaban J connectivity index is 1.33. The van der Waals surface area contributed by atoms with Gasteiger partial charge in [-0.15, -0.1) is 0 Å². The Labute approximate surface area is 199 Å². The van der Waals surface area contributed by atoms with Crippen LogP contribution < -0.4 is 15.4 Å². The van der Waals surface area contributed by atoms with Crippen LogP contribution in [0.15, 0.2) is 35.2 Å². The number of amides is 2. The molecule has 1 aromatic heterocycles. The van der Waals surface area contributed by atoms with E-state index in [0.717, 1.165) is 55.5 Å². The van der Waals surface area contributed by atoms with Gasteiger partial charge in [-0.1, -0.05) is 6.07 Å². The van der Waals surface area contributed by atoms with Crippen LogP contribution in [0.5, 0.6) is 0 Å². The molecule has 0 aliphatic carbocycles. The van der Waals surface area contributed by atoms with Gasteiger partial charge in [-0.2, -0.15) is 0 Å². The molecule has 34 heavy (non-hydrogen) atoms. The van der Waals surface area contributed by atoms with Crippen LogP contribution in [-0.2, 0) is 10.0 Å². The van der Waals surface area contributed by atoms with Crippen molar-refractivity contribution in [1.82, 2.24) is 19.9 Å². The number of hydrogen-bond acceptors (Lipinski definition) is 5. The Morgan fingerprint density at radius 2 is 1.71 bits per heavy atom. The number of anilines is 1. The fraction of sp³-hybridized carbons (Fsp3) is 0.478. The predicted octanol–water partition coefficient (Wildman–Crippen LogP) is 3.18. The van der Waals surface area contributed by atoms with Crippen molar-refractivity contribution in [2.24, 2.45) is 5.92 Å². The fourth-order valence-corrected chi connectivity index (χ4v) is 5.30. The quantitative estimate of drug-likeness (QED) is 0.496. The second-order valence-electron chi connectivity index (χ2n) is 8.54. The van der Waals surface area contributed by atoms with E-state index in [2.05, 4.69) is 25.2 Å². The second kappa shape index (κ2) is 11.7. The van der Waals surface area contributed by atoms with E-state index in [4.69, 9.17) is 0 Å². The van der Waals surface area contributed by atoms with Crippen LogP contribution in [0.1, 0.15) is 30.7 Å². The minimum absolute atomic E-state index is 0.121. The summed E-state index contributed by atoms with van der Waals surface area (Å²) in [5, 5.41) is 5.66. The van der Waals surface area contributed by atoms with Crippen LogP contribution in [0.3, 0.4) is 0 Å². The maximum absolute atomic E-state index is 13.8. The van der Waals surface area contributed by atoms with Crippen molar-refractivity contribution in [2.75, 3.05) is 38.0 Å². The number of carbonyl (C=O) groups excluding carboxylic acids is 1. The van der Waals surface area contributed by atoms with E-state index >= 15 is 0 Å². The number of hydrogen-bond donors (Lipinski definition) is 3. The van der Waals surface area contributed by atoms with E-state index < -0.39 is 26.6 Å². The number of likely N-dealkylation sites (tertiary alicyclic amines) is 1. The molecule has 11 heteroatoms. The number of nitrogens with zero attached hydrogens (tertiary/aromatic N) is 2. The van der Waals surface area contributed by atoms with Gasteiger partial charge >= 0.3 is 6.03 Å². The summed E-state index contributed by atoms with van der Waals surface area (Å²) in [6.07, 6.45) is 2.36. The molecule has 3 N–H and O–H groups in total. The van der Waals surface area contributed by atoms with Crippen molar-refractivity contribution in [3.63, 3.8) is 0 Å². The van der Waals surface area contributed by atoms with Crippen molar-refractivity contribution in [2.45, 2.75) is 38.0 Å². The molecule has 0 saturated carbocycles. The lowest BCUT2D eigenvalue weighted by molar-refractivity contribution is 0.180. The Kier molecular flexibility index (Phi) is 8.92. The molecule has 8 nitrogen and oxygen atoms in total. The molecular formula is C23H31F2N5O3S. The lowest BCUT2D eigenvalue weighted by Crippen LogP contribution is -2.41. The van der Waals surface area contributed by atoms with Gasteiger partial charge in [0.25, 0.3) is 0 Å². The van der Waals surface area contributed by atoms with Gasteiger partial charge in [0.05, 0.1) is 0 Å². The van der Waals surface area contributed by atoms with Gasteiger partial charge in [0.15, 0.2) is 4.90 Å². The smallest absolute Gasteiger partial charge is 0.319 e. The highest BCUT2D eigenvalue weighted by atomic mass is 32.2. The molecule has 2 heterocycles. The Bertz CT molecular complexity index is 1070. The summed E-state index contributed by atoms with van der Waals surface area (Å²) in [6, 6.07) is 6.33. The molecule has 3 rings (SSSR count). The highest BCUT2D eigenvalue weighted by Crippen LogP contribution is 2.21. The van der Waals surface area contributed by atoms with E-state index in [1.807, 2.05) is 26.0 Å². The van der Waals surface area contributed by atoms with Crippen molar-refractivity contribution in [3.8, 4) is 0 Å². The average Bonchev–Trinajstić information content (AvgIpc) is 2.73. The second-order valence-corrected chi connectivity index (χ2v) is 10.2. The summed E-state index contributed by atoms with van der Waals surface area (Å²) in [6.45, 7) is 6.77. The Morgan fingerprint density at radius 3 is 2.32 bits per heavy atom. The third kappa shape index (κ3) is 7.44. The van der Waals surface area contributed by atoms with Crippen molar-refractivity contribution in [1.29, 1.82) is 0 Å². The SMILES string of the molecule is Cc1cc(NC(=O)NCCN2CCC(CCNS(=O)(=O)c3c(F)cccc3F)CC2)cc(C)n1. The number of piperidine rings is 1. The first kappa shape index (κ1) is 26.0. The molecule has 0 spiro atoms. The molecule has 1 aliphatic rings. The lowest BCUT2D eigenvalue weighted by atomic mass is 9.94. The highest BCUT2D eigenvalue weighted by molar-refractivity contribution is 7.89. The number of sulfonamides is 1. The molecule has 2 amide bonds. The van der Waals surface area contributed by atoms with Crippen molar-refractivity contribution in [3.05, 3.63) is 53.4 Å². The Hall–Kier alpha value is -2.63. The zero-order valence-electron chi connectivity index (χ0n) is 19.4. The number of nitrogens with one attached hydrogen (secondary N) is 3. The van der Waals surface area contributed by atoms with Crippen molar-refractivity contribution < 1.29 is 22.0 Å². The highest BCUT2D eigenvalue weighted by Gasteiger charge is 2.24. The van der Waals surface area contributed by atoms with Gasteiger partial charge in [0.1, 0.15) is 11.6 Å². The van der Waals surface area contributed by atoms with Gasteiger partial charge in [-0.05, 0) is 76.4 Å². The normalized spacial score (nSPS) is 15.3. The maximum Gasteiger partial charge on any atom is 0.319 e. The van der Waals surface area contributed by atoms with E-state index in [1.165, 1.54) is 0 Å². The fourth-order valence-electron chi connectivity index (χ4n) is 4.12. The number of urea groups is 1. The van der Waals surface area contributed by atoms with Gasteiger partial charge in [-0.3, -0.25) is 4.98 Å². The number of benzene rings is 1. The largest absolute Gasteiger partial charge is 0.337 e. The van der Waals surface area contributed by atoms with Gasteiger partial charge in [0, 0.05) is 36.7 Å². The zero-order valence-corrected chi connectivity index (χ0v) is 20.2. The summed E-state index contributed by atoms with van der Waals surface area (Å²) in [5.41, 5.74) is 2.38. The molecular weight excluding hydrogens is 464 g/mol. The third-order valence-electron chi connectivity index (χ3n) is 5.79. The molecule has 0 bridgehead atoms. The van der Waals surface area contributed by atoms with Gasteiger partial charge < -0.3 is 15.5 Å².